The van der Waals surface area contributed by atoms with Gasteiger partial charge >= 0.3 is 0 Å². The molecule has 1 aromatic heterocycles. The summed E-state index contributed by atoms with van der Waals surface area (Å²) in [6, 6.07) is 8.82. The monoisotopic (exact) mass is 243 g/mol. The number of aromatic nitrogens is 2. The molecule has 0 bridgehead atoms. The van der Waals surface area contributed by atoms with Crippen LogP contribution in [0.3, 0.4) is 0 Å². The first-order chi connectivity index (χ1) is 8.78. The number of hydrogen-bond acceptors (Lipinski definition) is 2. The van der Waals surface area contributed by atoms with E-state index in [-0.39, 0.29) is 0 Å². The van der Waals surface area contributed by atoms with E-state index in [0.29, 0.717) is 0 Å². The molecule has 0 aliphatic heterocycles. The topological polar surface area (TPSA) is 29.9 Å². The lowest BCUT2D eigenvalue weighted by atomic mass is 10.1. The van der Waals surface area contributed by atoms with Gasteiger partial charge in [0.1, 0.15) is 0 Å². The summed E-state index contributed by atoms with van der Waals surface area (Å²) in [7, 11) is 1.95. The van der Waals surface area contributed by atoms with Crippen molar-refractivity contribution in [1.82, 2.24) is 15.1 Å². The van der Waals surface area contributed by atoms with Crippen LogP contribution in [0.25, 0.3) is 0 Å². The van der Waals surface area contributed by atoms with Crippen LogP contribution < -0.4 is 5.32 Å². The largest absolute Gasteiger partial charge is 0.312 e. The smallest absolute Gasteiger partial charge is 0.0522 e. The number of nitrogens with one attached hydrogen (secondary N) is 1. The fourth-order valence-electron chi connectivity index (χ4n) is 1.96. The van der Waals surface area contributed by atoms with Crippen LogP contribution in [0, 0.1) is 0 Å². The maximum atomic E-state index is 4.16. The molecule has 2 aromatic rings. The molecule has 2 rings (SSSR count). The molecule has 0 atom stereocenters. The standard InChI is InChI=1S/C15H21N3/c1-3-13-4-6-14(7-5-13)10-16-9-8-15-11-17-18(2)12-15/h4-7,11-12,16H,3,8-10H2,1-2H3. The van der Waals surface area contributed by atoms with Gasteiger partial charge in [0.2, 0.25) is 0 Å². The maximum Gasteiger partial charge on any atom is 0.0522 e. The third-order valence-corrected chi connectivity index (χ3v) is 3.11. The van der Waals surface area contributed by atoms with Gasteiger partial charge in [-0.2, -0.15) is 5.10 Å². The Bertz CT molecular complexity index is 471. The zero-order valence-corrected chi connectivity index (χ0v) is 11.2. The molecule has 0 unspecified atom stereocenters. The second-order valence-corrected chi connectivity index (χ2v) is 4.62. The van der Waals surface area contributed by atoms with Gasteiger partial charge in [0, 0.05) is 19.8 Å². The Hall–Kier alpha value is -1.61. The molecule has 1 heterocycles. The number of aryl methyl sites for hydroxylation is 2. The van der Waals surface area contributed by atoms with Crippen molar-refractivity contribution in [3.63, 3.8) is 0 Å². The molecule has 3 nitrogen and oxygen atoms in total. The van der Waals surface area contributed by atoms with Gasteiger partial charge in [-0.15, -0.1) is 0 Å². The third kappa shape index (κ3) is 3.70. The molecule has 96 valence electrons. The van der Waals surface area contributed by atoms with Gasteiger partial charge in [-0.25, -0.2) is 0 Å². The molecule has 0 fully saturated rings. The van der Waals surface area contributed by atoms with Crippen molar-refractivity contribution in [2.45, 2.75) is 26.3 Å². The van der Waals surface area contributed by atoms with Crippen LogP contribution in [0.2, 0.25) is 0 Å². The molecule has 0 aliphatic carbocycles. The summed E-state index contributed by atoms with van der Waals surface area (Å²) in [6.45, 7) is 4.10. The molecule has 18 heavy (non-hydrogen) atoms. The molecular formula is C15H21N3. The van der Waals surface area contributed by atoms with Crippen LogP contribution >= 0.6 is 0 Å². The summed E-state index contributed by atoms with van der Waals surface area (Å²) < 4.78 is 1.85. The van der Waals surface area contributed by atoms with Crippen LogP contribution in [-0.4, -0.2) is 16.3 Å². The molecule has 0 spiro atoms. The maximum absolute atomic E-state index is 4.16. The Labute approximate surface area is 109 Å². The molecule has 1 aromatic carbocycles. The van der Waals surface area contributed by atoms with E-state index in [1.54, 1.807) is 0 Å². The highest BCUT2D eigenvalue weighted by Crippen LogP contribution is 2.04. The predicted octanol–water partition coefficient (Wildman–Crippen LogP) is 2.31. The first-order valence-corrected chi connectivity index (χ1v) is 6.54. The van der Waals surface area contributed by atoms with Crippen molar-refractivity contribution in [2.75, 3.05) is 6.54 Å². The van der Waals surface area contributed by atoms with Crippen LogP contribution in [-0.2, 0) is 26.4 Å². The van der Waals surface area contributed by atoms with Gasteiger partial charge in [-0.3, -0.25) is 4.68 Å². The number of benzene rings is 1. The Kier molecular flexibility index (Phi) is 4.53. The molecule has 0 saturated carbocycles. The fourth-order valence-corrected chi connectivity index (χ4v) is 1.96. The zero-order valence-electron chi connectivity index (χ0n) is 11.2. The molecule has 0 saturated heterocycles. The van der Waals surface area contributed by atoms with E-state index < -0.39 is 0 Å². The first-order valence-electron chi connectivity index (χ1n) is 6.54. The lowest BCUT2D eigenvalue weighted by Crippen LogP contribution is -2.16. The highest BCUT2D eigenvalue weighted by molar-refractivity contribution is 5.22. The average molecular weight is 243 g/mol. The highest BCUT2D eigenvalue weighted by atomic mass is 15.2. The van der Waals surface area contributed by atoms with Gasteiger partial charge in [0.15, 0.2) is 0 Å². The normalized spacial score (nSPS) is 10.8. The summed E-state index contributed by atoms with van der Waals surface area (Å²) >= 11 is 0. The molecule has 0 aliphatic rings. The van der Waals surface area contributed by atoms with E-state index in [2.05, 4.69) is 47.8 Å². The van der Waals surface area contributed by atoms with Crippen molar-refractivity contribution < 1.29 is 0 Å². The fraction of sp³-hybridized carbons (Fsp3) is 0.400. The molecule has 0 radical (unpaired) electrons. The first kappa shape index (κ1) is 12.8. The second-order valence-electron chi connectivity index (χ2n) is 4.62. The van der Waals surface area contributed by atoms with Gasteiger partial charge in [0.25, 0.3) is 0 Å². The zero-order chi connectivity index (χ0) is 12.8. The van der Waals surface area contributed by atoms with Crippen LogP contribution in [0.15, 0.2) is 36.7 Å². The van der Waals surface area contributed by atoms with Crippen molar-refractivity contribution in [1.29, 1.82) is 0 Å². The van der Waals surface area contributed by atoms with Gasteiger partial charge in [-0.1, -0.05) is 31.2 Å². The Morgan fingerprint density at radius 1 is 1.11 bits per heavy atom. The number of hydrogen-bond donors (Lipinski definition) is 1. The number of rotatable bonds is 6. The van der Waals surface area contributed by atoms with E-state index in [1.807, 2.05) is 17.9 Å². The van der Waals surface area contributed by atoms with E-state index in [9.17, 15) is 0 Å². The molecular weight excluding hydrogens is 222 g/mol. The van der Waals surface area contributed by atoms with Crippen LogP contribution in [0.4, 0.5) is 0 Å². The van der Waals surface area contributed by atoms with E-state index in [0.717, 1.165) is 25.9 Å². The van der Waals surface area contributed by atoms with E-state index >= 15 is 0 Å². The number of nitrogens with zero attached hydrogens (tertiary/aromatic N) is 2. The Morgan fingerprint density at radius 3 is 2.44 bits per heavy atom. The van der Waals surface area contributed by atoms with Crippen molar-refractivity contribution in [3.05, 3.63) is 53.3 Å². The second kappa shape index (κ2) is 6.36. The van der Waals surface area contributed by atoms with Gasteiger partial charge in [0.05, 0.1) is 6.20 Å². The average Bonchev–Trinajstić information content (AvgIpc) is 2.81. The van der Waals surface area contributed by atoms with E-state index in [1.165, 1.54) is 16.7 Å². The van der Waals surface area contributed by atoms with E-state index in [4.69, 9.17) is 0 Å². The Balaban J connectivity index is 1.71. The van der Waals surface area contributed by atoms with Gasteiger partial charge in [-0.05, 0) is 36.1 Å². The van der Waals surface area contributed by atoms with Crippen molar-refractivity contribution in [3.8, 4) is 0 Å². The van der Waals surface area contributed by atoms with Gasteiger partial charge < -0.3 is 5.32 Å². The van der Waals surface area contributed by atoms with Crippen LogP contribution in [0.1, 0.15) is 23.6 Å². The minimum Gasteiger partial charge on any atom is -0.312 e. The summed E-state index contributed by atoms with van der Waals surface area (Å²) in [4.78, 5) is 0. The summed E-state index contributed by atoms with van der Waals surface area (Å²) in [6.07, 6.45) is 6.13. The lowest BCUT2D eigenvalue weighted by Gasteiger charge is -2.05. The van der Waals surface area contributed by atoms with Crippen molar-refractivity contribution in [2.24, 2.45) is 7.05 Å². The molecule has 3 heteroatoms. The van der Waals surface area contributed by atoms with Crippen LogP contribution in [0.5, 0.6) is 0 Å². The third-order valence-electron chi connectivity index (χ3n) is 3.11. The highest BCUT2D eigenvalue weighted by Gasteiger charge is 1.97. The minimum atomic E-state index is 0.935. The Morgan fingerprint density at radius 2 is 1.83 bits per heavy atom. The minimum absolute atomic E-state index is 0.935. The SMILES string of the molecule is CCc1ccc(CNCCc2cnn(C)c2)cc1. The molecule has 0 amide bonds. The summed E-state index contributed by atoms with van der Waals surface area (Å²) in [5.41, 5.74) is 4.03. The summed E-state index contributed by atoms with van der Waals surface area (Å²) in [5, 5.41) is 7.62. The quantitative estimate of drug-likeness (QED) is 0.789. The predicted molar refractivity (Wildman–Crippen MR) is 74.4 cm³/mol. The molecule has 1 N–H and O–H groups in total. The lowest BCUT2D eigenvalue weighted by molar-refractivity contribution is 0.686. The van der Waals surface area contributed by atoms with Crippen molar-refractivity contribution >= 4 is 0 Å². The summed E-state index contributed by atoms with van der Waals surface area (Å²) in [5.74, 6) is 0.